The summed E-state index contributed by atoms with van der Waals surface area (Å²) in [5, 5.41) is 19.8. The summed E-state index contributed by atoms with van der Waals surface area (Å²) in [6.07, 6.45) is 2.22. The van der Waals surface area contributed by atoms with Gasteiger partial charge in [0.2, 0.25) is 0 Å². The van der Waals surface area contributed by atoms with Crippen LogP contribution in [0.1, 0.15) is 52.9 Å². The second-order valence-corrected chi connectivity index (χ2v) is 14.1. The molecule has 0 amide bonds. The molecule has 0 spiro atoms. The maximum absolute atomic E-state index is 11.3. The number of aliphatic hydroxyl groups excluding tert-OH is 1. The first-order chi connectivity index (χ1) is 12.0. The summed E-state index contributed by atoms with van der Waals surface area (Å²) in [4.78, 5) is 11.3. The third-order valence-corrected chi connectivity index (χ3v) is 10.8. The Hall–Kier alpha value is -0.473. The van der Waals surface area contributed by atoms with Gasteiger partial charge in [-0.15, -0.1) is 0 Å². The van der Waals surface area contributed by atoms with E-state index in [0.717, 1.165) is 19.3 Å². The Labute approximate surface area is 158 Å². The summed E-state index contributed by atoms with van der Waals surface area (Å²) < 4.78 is 18.2. The van der Waals surface area contributed by atoms with E-state index in [9.17, 15) is 15.0 Å². The van der Waals surface area contributed by atoms with Gasteiger partial charge >= 0.3 is 5.97 Å². The number of carboxylic acids is 1. The van der Waals surface area contributed by atoms with Gasteiger partial charge in [-0.3, -0.25) is 4.79 Å². The minimum atomic E-state index is -1.96. The number of hydrogen-bond acceptors (Lipinski definition) is 5. The SMILES string of the molecule is CC(C)(C)[Si](C)(C)OC[C@@H]1[C@@H](CC(=O)O)[C@@H](O)C[C@H]1OC1CCCCO1. The highest BCUT2D eigenvalue weighted by Crippen LogP contribution is 2.41. The van der Waals surface area contributed by atoms with Crippen LogP contribution in [0.3, 0.4) is 0 Å². The van der Waals surface area contributed by atoms with E-state index in [1.165, 1.54) is 0 Å². The Kier molecular flexibility index (Phi) is 7.29. The largest absolute Gasteiger partial charge is 0.481 e. The van der Waals surface area contributed by atoms with Crippen molar-refractivity contribution in [2.45, 2.75) is 89.5 Å². The van der Waals surface area contributed by atoms with Gasteiger partial charge in [-0.2, -0.15) is 0 Å². The third-order valence-electron chi connectivity index (χ3n) is 6.31. The molecule has 0 aromatic rings. The van der Waals surface area contributed by atoms with Crippen molar-refractivity contribution < 1.29 is 28.9 Å². The molecule has 2 N–H and O–H groups in total. The molecule has 6 nitrogen and oxygen atoms in total. The number of carboxylic acid groups (broad SMARTS) is 1. The van der Waals surface area contributed by atoms with E-state index < -0.39 is 20.4 Å². The number of aliphatic carboxylic acids is 1. The van der Waals surface area contributed by atoms with E-state index in [2.05, 4.69) is 33.9 Å². The fourth-order valence-electron chi connectivity index (χ4n) is 3.56. The molecular formula is C19H36O6Si. The maximum atomic E-state index is 11.3. The average molecular weight is 389 g/mol. The van der Waals surface area contributed by atoms with Gasteiger partial charge in [0, 0.05) is 31.5 Å². The lowest BCUT2D eigenvalue weighted by atomic mass is 9.91. The van der Waals surface area contributed by atoms with E-state index in [-0.39, 0.29) is 35.7 Å². The average Bonchev–Trinajstić information content (AvgIpc) is 2.80. The molecule has 152 valence electrons. The smallest absolute Gasteiger partial charge is 0.303 e. The molecule has 2 fully saturated rings. The van der Waals surface area contributed by atoms with E-state index in [4.69, 9.17) is 13.9 Å². The zero-order valence-electron chi connectivity index (χ0n) is 16.9. The molecule has 0 bridgehead atoms. The molecule has 1 aliphatic heterocycles. The van der Waals surface area contributed by atoms with Crippen LogP contribution in [0, 0.1) is 11.8 Å². The van der Waals surface area contributed by atoms with Crippen molar-refractivity contribution in [3.63, 3.8) is 0 Å². The standard InChI is InChI=1S/C19H36O6Si/c1-19(2,3)26(4,5)24-12-14-13(10-17(21)22)15(20)11-16(14)25-18-8-6-7-9-23-18/h13-16,18,20H,6-12H2,1-5H3,(H,21,22)/t13-,14-,15+,16-,18?/m1/s1. The predicted octanol–water partition coefficient (Wildman–Crippen LogP) is 3.39. The van der Waals surface area contributed by atoms with Gasteiger partial charge in [0.05, 0.1) is 18.6 Å². The van der Waals surface area contributed by atoms with Gasteiger partial charge in [0.25, 0.3) is 0 Å². The summed E-state index contributed by atoms with van der Waals surface area (Å²) in [5.41, 5.74) is 0. The molecule has 2 rings (SSSR count). The fraction of sp³-hybridized carbons (Fsp3) is 0.947. The van der Waals surface area contributed by atoms with Crippen LogP contribution in [0.4, 0.5) is 0 Å². The second-order valence-electron chi connectivity index (χ2n) is 9.27. The molecule has 26 heavy (non-hydrogen) atoms. The highest BCUT2D eigenvalue weighted by Gasteiger charge is 2.47. The van der Waals surface area contributed by atoms with E-state index in [1.807, 2.05) is 0 Å². The molecule has 0 aromatic heterocycles. The molecule has 1 saturated carbocycles. The fourth-order valence-corrected chi connectivity index (χ4v) is 4.60. The topological polar surface area (TPSA) is 85.2 Å². The molecule has 1 unspecified atom stereocenters. The Balaban J connectivity index is 2.08. The predicted molar refractivity (Wildman–Crippen MR) is 101 cm³/mol. The lowest BCUT2D eigenvalue weighted by Gasteiger charge is -2.38. The minimum absolute atomic E-state index is 0.0575. The normalized spacial score (nSPS) is 33.4. The molecular weight excluding hydrogens is 352 g/mol. The Bertz CT molecular complexity index is 469. The number of aliphatic hydroxyl groups is 1. The van der Waals surface area contributed by atoms with Crippen LogP contribution in [0.5, 0.6) is 0 Å². The molecule has 1 aliphatic carbocycles. The van der Waals surface area contributed by atoms with Gasteiger partial charge in [-0.05, 0) is 37.4 Å². The van der Waals surface area contributed by atoms with E-state index >= 15 is 0 Å². The van der Waals surface area contributed by atoms with Crippen LogP contribution < -0.4 is 0 Å². The molecule has 7 heteroatoms. The van der Waals surface area contributed by atoms with E-state index in [1.54, 1.807) is 0 Å². The van der Waals surface area contributed by atoms with Crippen molar-refractivity contribution in [3.8, 4) is 0 Å². The highest BCUT2D eigenvalue weighted by molar-refractivity contribution is 6.74. The summed E-state index contributed by atoms with van der Waals surface area (Å²) in [6.45, 7) is 12.0. The van der Waals surface area contributed by atoms with Crippen molar-refractivity contribution >= 4 is 14.3 Å². The van der Waals surface area contributed by atoms with Crippen LogP contribution >= 0.6 is 0 Å². The Morgan fingerprint density at radius 1 is 1.23 bits per heavy atom. The molecule has 0 aromatic carbocycles. The minimum Gasteiger partial charge on any atom is -0.481 e. The van der Waals surface area contributed by atoms with Gasteiger partial charge in [-0.1, -0.05) is 20.8 Å². The Morgan fingerprint density at radius 3 is 2.46 bits per heavy atom. The quantitative estimate of drug-likeness (QED) is 0.650. The second kappa shape index (κ2) is 8.69. The van der Waals surface area contributed by atoms with Crippen LogP contribution in [0.15, 0.2) is 0 Å². The van der Waals surface area contributed by atoms with Gasteiger partial charge in [0.1, 0.15) is 0 Å². The first-order valence-corrected chi connectivity index (χ1v) is 12.7. The van der Waals surface area contributed by atoms with Crippen LogP contribution in [0.25, 0.3) is 0 Å². The molecule has 0 radical (unpaired) electrons. The van der Waals surface area contributed by atoms with Gasteiger partial charge in [-0.25, -0.2) is 0 Å². The summed E-state index contributed by atoms with van der Waals surface area (Å²) >= 11 is 0. The monoisotopic (exact) mass is 388 g/mol. The summed E-state index contributed by atoms with van der Waals surface area (Å²) in [7, 11) is -1.96. The van der Waals surface area contributed by atoms with Crippen LogP contribution in [-0.2, 0) is 18.7 Å². The molecule has 1 saturated heterocycles. The highest BCUT2D eigenvalue weighted by atomic mass is 28.4. The lowest BCUT2D eigenvalue weighted by molar-refractivity contribution is -0.198. The number of hydrogen-bond donors (Lipinski definition) is 2. The zero-order chi connectivity index (χ0) is 19.5. The molecule has 2 aliphatic rings. The molecule has 1 heterocycles. The summed E-state index contributed by atoms with van der Waals surface area (Å²) in [6, 6.07) is 0. The van der Waals surface area contributed by atoms with E-state index in [0.29, 0.717) is 19.6 Å². The first-order valence-electron chi connectivity index (χ1n) is 9.82. The van der Waals surface area contributed by atoms with Crippen molar-refractivity contribution in [2.75, 3.05) is 13.2 Å². The number of ether oxygens (including phenoxy) is 2. The maximum Gasteiger partial charge on any atom is 0.303 e. The number of carbonyl (C=O) groups is 1. The Morgan fingerprint density at radius 2 is 1.92 bits per heavy atom. The number of rotatable bonds is 7. The van der Waals surface area contributed by atoms with Crippen molar-refractivity contribution in [2.24, 2.45) is 11.8 Å². The molecule has 5 atom stereocenters. The van der Waals surface area contributed by atoms with Crippen molar-refractivity contribution in [1.29, 1.82) is 0 Å². The summed E-state index contributed by atoms with van der Waals surface area (Å²) in [5.74, 6) is -1.35. The van der Waals surface area contributed by atoms with Gasteiger partial charge in [0.15, 0.2) is 14.6 Å². The third kappa shape index (κ3) is 5.52. The first kappa shape index (κ1) is 21.8. The van der Waals surface area contributed by atoms with Gasteiger partial charge < -0.3 is 24.1 Å². The van der Waals surface area contributed by atoms with Crippen LogP contribution in [-0.4, -0.2) is 56.2 Å². The lowest BCUT2D eigenvalue weighted by Crippen LogP contribution is -2.44. The van der Waals surface area contributed by atoms with Crippen LogP contribution in [0.2, 0.25) is 18.1 Å². The van der Waals surface area contributed by atoms with Crippen molar-refractivity contribution in [1.82, 2.24) is 0 Å². The van der Waals surface area contributed by atoms with Crippen molar-refractivity contribution in [3.05, 3.63) is 0 Å². The zero-order valence-corrected chi connectivity index (χ0v) is 17.9.